The Bertz CT molecular complexity index is 825. The first-order valence-corrected chi connectivity index (χ1v) is 10.5. The molecule has 1 heterocycles. The molecule has 1 aliphatic heterocycles. The van der Waals surface area contributed by atoms with Crippen molar-refractivity contribution in [2.75, 3.05) is 19.8 Å². The number of hydrogen-bond donors (Lipinski definition) is 0. The van der Waals surface area contributed by atoms with Crippen LogP contribution < -0.4 is 9.47 Å². The van der Waals surface area contributed by atoms with Crippen LogP contribution in [0.25, 0.3) is 6.08 Å². The number of esters is 1. The monoisotopic (exact) mass is 441 g/mol. The van der Waals surface area contributed by atoms with Gasteiger partial charge in [-0.2, -0.15) is 0 Å². The first-order chi connectivity index (χ1) is 13.8. The number of carbonyl (C=O) groups is 3. The number of thioether (sulfide) groups is 1. The average Bonchev–Trinajstić information content (AvgIpc) is 2.92. The van der Waals surface area contributed by atoms with E-state index in [2.05, 4.69) is 0 Å². The Kier molecular flexibility index (Phi) is 8.40. The van der Waals surface area contributed by atoms with Crippen LogP contribution in [-0.2, 0) is 14.3 Å². The van der Waals surface area contributed by atoms with E-state index in [1.165, 1.54) is 6.08 Å². The van der Waals surface area contributed by atoms with Gasteiger partial charge in [0.05, 0.1) is 29.2 Å². The number of halogens is 1. The van der Waals surface area contributed by atoms with Gasteiger partial charge in [0, 0.05) is 0 Å². The summed E-state index contributed by atoms with van der Waals surface area (Å²) in [7, 11) is 0. The van der Waals surface area contributed by atoms with Crippen LogP contribution in [0.5, 0.6) is 11.5 Å². The van der Waals surface area contributed by atoms with Crippen molar-refractivity contribution in [2.24, 2.45) is 0 Å². The summed E-state index contributed by atoms with van der Waals surface area (Å²) >= 11 is 7.05. The van der Waals surface area contributed by atoms with Gasteiger partial charge >= 0.3 is 5.97 Å². The molecule has 1 fully saturated rings. The zero-order valence-corrected chi connectivity index (χ0v) is 18.4. The second kappa shape index (κ2) is 10.5. The van der Waals surface area contributed by atoms with E-state index in [-0.39, 0.29) is 11.0 Å². The van der Waals surface area contributed by atoms with Crippen LogP contribution >= 0.6 is 23.4 Å². The van der Waals surface area contributed by atoms with E-state index in [1.54, 1.807) is 19.1 Å². The molecule has 0 aliphatic carbocycles. The first-order valence-electron chi connectivity index (χ1n) is 9.34. The summed E-state index contributed by atoms with van der Waals surface area (Å²) in [4.78, 5) is 37.8. The molecule has 2 rings (SSSR count). The molecule has 1 atom stereocenters. The van der Waals surface area contributed by atoms with Gasteiger partial charge < -0.3 is 14.2 Å². The van der Waals surface area contributed by atoms with Crippen LogP contribution in [0, 0.1) is 0 Å². The van der Waals surface area contributed by atoms with E-state index >= 15 is 0 Å². The third-order valence-electron chi connectivity index (χ3n) is 3.99. The van der Waals surface area contributed by atoms with Gasteiger partial charge in [0.15, 0.2) is 11.5 Å². The molecule has 9 heteroatoms. The van der Waals surface area contributed by atoms with Gasteiger partial charge in [-0.05, 0) is 62.7 Å². The highest BCUT2D eigenvalue weighted by Gasteiger charge is 2.37. The highest BCUT2D eigenvalue weighted by molar-refractivity contribution is 8.18. The molecule has 0 radical (unpaired) electrons. The van der Waals surface area contributed by atoms with E-state index in [0.29, 0.717) is 41.7 Å². The highest BCUT2D eigenvalue weighted by atomic mass is 35.5. The van der Waals surface area contributed by atoms with E-state index < -0.39 is 23.7 Å². The van der Waals surface area contributed by atoms with Crippen molar-refractivity contribution in [2.45, 2.75) is 40.2 Å². The number of benzene rings is 1. The molecule has 7 nitrogen and oxygen atoms in total. The van der Waals surface area contributed by atoms with Crippen LogP contribution in [0.2, 0.25) is 5.02 Å². The minimum Gasteiger partial charge on any atom is -0.490 e. The largest absolute Gasteiger partial charge is 0.490 e. The van der Waals surface area contributed by atoms with Crippen molar-refractivity contribution in [3.63, 3.8) is 0 Å². The lowest BCUT2D eigenvalue weighted by Gasteiger charge is -2.15. The molecule has 1 saturated heterocycles. The Morgan fingerprint density at radius 2 is 1.90 bits per heavy atom. The Labute approximate surface area is 179 Å². The maximum Gasteiger partial charge on any atom is 0.326 e. The number of ether oxygens (including phenoxy) is 3. The lowest BCUT2D eigenvalue weighted by molar-refractivity contribution is -0.150. The molecule has 29 heavy (non-hydrogen) atoms. The van der Waals surface area contributed by atoms with Crippen molar-refractivity contribution in [1.82, 2.24) is 4.90 Å². The maximum atomic E-state index is 12.6. The van der Waals surface area contributed by atoms with Gasteiger partial charge in [-0.1, -0.05) is 18.5 Å². The zero-order valence-electron chi connectivity index (χ0n) is 16.8. The van der Waals surface area contributed by atoms with Crippen LogP contribution in [0.4, 0.5) is 4.79 Å². The van der Waals surface area contributed by atoms with Crippen LogP contribution in [0.1, 0.15) is 39.7 Å². The van der Waals surface area contributed by atoms with Crippen molar-refractivity contribution in [1.29, 1.82) is 0 Å². The molecule has 0 aromatic heterocycles. The van der Waals surface area contributed by atoms with Crippen molar-refractivity contribution < 1.29 is 28.6 Å². The average molecular weight is 442 g/mol. The second-order valence-electron chi connectivity index (χ2n) is 6.17. The number of rotatable bonds is 9. The molecule has 1 aromatic carbocycles. The lowest BCUT2D eigenvalue weighted by Crippen LogP contribution is -2.35. The summed E-state index contributed by atoms with van der Waals surface area (Å²) in [5, 5.41) is -0.190. The minimum absolute atomic E-state index is 0.189. The molecular formula is C20H24ClNO6S. The third kappa shape index (κ3) is 5.90. The molecular weight excluding hydrogens is 418 g/mol. The Morgan fingerprint density at radius 1 is 1.21 bits per heavy atom. The minimum atomic E-state index is -0.620. The number of hydrogen-bond acceptors (Lipinski definition) is 7. The summed E-state index contributed by atoms with van der Waals surface area (Å²) in [6.07, 6.45) is 1.91. The zero-order chi connectivity index (χ0) is 21.6. The predicted molar refractivity (Wildman–Crippen MR) is 112 cm³/mol. The number of imide groups is 1. The smallest absolute Gasteiger partial charge is 0.326 e. The Balaban J connectivity index is 2.23. The molecule has 1 aromatic rings. The maximum absolute atomic E-state index is 12.6. The van der Waals surface area contributed by atoms with E-state index in [1.807, 2.05) is 20.8 Å². The van der Waals surface area contributed by atoms with Gasteiger partial charge in [0.1, 0.15) is 6.54 Å². The van der Waals surface area contributed by atoms with Gasteiger partial charge in [-0.3, -0.25) is 19.3 Å². The fraction of sp³-hybridized carbons (Fsp3) is 0.450. The van der Waals surface area contributed by atoms with E-state index in [4.69, 9.17) is 25.8 Å². The topological polar surface area (TPSA) is 82.1 Å². The number of amides is 2. The van der Waals surface area contributed by atoms with Crippen molar-refractivity contribution in [3.05, 3.63) is 27.6 Å². The Morgan fingerprint density at radius 3 is 2.52 bits per heavy atom. The molecule has 0 N–H and O–H groups in total. The SMILES string of the molecule is CCOc1cc(/C=C2/SC(=O)N(CC(=O)O[C@H](C)CC)C2=O)cc(Cl)c1OCC. The molecule has 2 amide bonds. The molecule has 0 bridgehead atoms. The second-order valence-corrected chi connectivity index (χ2v) is 7.57. The standard InChI is InChI=1S/C20H24ClNO6S/c1-5-12(4)28-17(23)11-22-19(24)16(29-20(22)25)10-13-8-14(21)18(27-7-3)15(9-13)26-6-2/h8-10,12H,5-7,11H2,1-4H3/b16-10+/t12-/m1/s1. The molecule has 158 valence electrons. The third-order valence-corrected chi connectivity index (χ3v) is 5.17. The van der Waals surface area contributed by atoms with Crippen LogP contribution in [-0.4, -0.2) is 47.9 Å². The van der Waals surface area contributed by atoms with E-state index in [0.717, 1.165) is 16.7 Å². The van der Waals surface area contributed by atoms with Gasteiger partial charge in [-0.15, -0.1) is 0 Å². The fourth-order valence-electron chi connectivity index (χ4n) is 2.48. The van der Waals surface area contributed by atoms with E-state index in [9.17, 15) is 14.4 Å². The lowest BCUT2D eigenvalue weighted by atomic mass is 10.1. The van der Waals surface area contributed by atoms with Crippen LogP contribution in [0.15, 0.2) is 17.0 Å². The van der Waals surface area contributed by atoms with Gasteiger partial charge in [-0.25, -0.2) is 0 Å². The van der Waals surface area contributed by atoms with Crippen molar-refractivity contribution in [3.8, 4) is 11.5 Å². The molecule has 0 unspecified atom stereocenters. The van der Waals surface area contributed by atoms with Gasteiger partial charge in [0.2, 0.25) is 0 Å². The summed E-state index contributed by atoms with van der Waals surface area (Å²) in [5.74, 6) is -0.298. The predicted octanol–water partition coefficient (Wildman–Crippen LogP) is 4.52. The summed E-state index contributed by atoms with van der Waals surface area (Å²) in [6.45, 7) is 7.71. The summed E-state index contributed by atoms with van der Waals surface area (Å²) in [6, 6.07) is 3.31. The summed E-state index contributed by atoms with van der Waals surface area (Å²) < 4.78 is 16.2. The van der Waals surface area contributed by atoms with Crippen molar-refractivity contribution >= 4 is 46.6 Å². The van der Waals surface area contributed by atoms with Gasteiger partial charge in [0.25, 0.3) is 11.1 Å². The first kappa shape index (κ1) is 23.1. The molecule has 0 spiro atoms. The van der Waals surface area contributed by atoms with Crippen LogP contribution in [0.3, 0.4) is 0 Å². The fourth-order valence-corrected chi connectivity index (χ4v) is 3.59. The highest BCUT2D eigenvalue weighted by Crippen LogP contribution is 2.39. The number of nitrogens with zero attached hydrogens (tertiary/aromatic N) is 1. The molecule has 1 aliphatic rings. The normalized spacial score (nSPS) is 16.3. The quantitative estimate of drug-likeness (QED) is 0.411. The summed E-state index contributed by atoms with van der Waals surface area (Å²) in [5.41, 5.74) is 0.578. The Hall–Kier alpha value is -2.19. The molecule has 0 saturated carbocycles. The number of carbonyl (C=O) groups excluding carboxylic acids is 3.